The Hall–Kier alpha value is -3.84. The summed E-state index contributed by atoms with van der Waals surface area (Å²) in [5, 5.41) is 14.2. The molecule has 0 radical (unpaired) electrons. The minimum atomic E-state index is -0.534. The van der Waals surface area contributed by atoms with Gasteiger partial charge in [0.2, 0.25) is 0 Å². The molecule has 3 aromatic carbocycles. The summed E-state index contributed by atoms with van der Waals surface area (Å²) in [7, 11) is 0. The van der Waals surface area contributed by atoms with Crippen molar-refractivity contribution in [2.24, 2.45) is 0 Å². The van der Waals surface area contributed by atoms with Crippen LogP contribution in [0.5, 0.6) is 11.5 Å². The van der Waals surface area contributed by atoms with Crippen LogP contribution in [-0.4, -0.2) is 41.9 Å². The van der Waals surface area contributed by atoms with E-state index in [1.165, 1.54) is 12.1 Å². The zero-order chi connectivity index (χ0) is 26.4. The number of para-hydroxylation sites is 1. The van der Waals surface area contributed by atoms with Crippen molar-refractivity contribution >= 4 is 16.8 Å². The predicted octanol–water partition coefficient (Wildman–Crippen LogP) is 6.06. The summed E-state index contributed by atoms with van der Waals surface area (Å²) in [5.74, 6) is -0.111. The Morgan fingerprint density at radius 1 is 1.05 bits per heavy atom. The highest BCUT2D eigenvalue weighted by molar-refractivity contribution is 5.98. The molecule has 1 amide bonds. The van der Waals surface area contributed by atoms with E-state index in [2.05, 4.69) is 10.3 Å². The van der Waals surface area contributed by atoms with Crippen LogP contribution < -0.4 is 14.8 Å². The van der Waals surface area contributed by atoms with Crippen LogP contribution in [0.2, 0.25) is 0 Å². The molecule has 0 bridgehead atoms. The smallest absolute Gasteiger partial charge is 0.255 e. The highest BCUT2D eigenvalue weighted by atomic mass is 19.1. The van der Waals surface area contributed by atoms with Gasteiger partial charge in [-0.25, -0.2) is 4.39 Å². The maximum Gasteiger partial charge on any atom is 0.255 e. The first-order valence-corrected chi connectivity index (χ1v) is 12.6. The fourth-order valence-electron chi connectivity index (χ4n) is 4.47. The third-order valence-electron chi connectivity index (χ3n) is 6.43. The second kappa shape index (κ2) is 11.9. The highest BCUT2D eigenvalue weighted by Crippen LogP contribution is 2.31. The van der Waals surface area contributed by atoms with Gasteiger partial charge in [-0.2, -0.15) is 0 Å². The molecule has 0 fully saturated rings. The van der Waals surface area contributed by atoms with E-state index in [4.69, 9.17) is 9.47 Å². The van der Waals surface area contributed by atoms with Crippen LogP contribution >= 0.6 is 0 Å². The molecule has 4 rings (SSSR count). The number of hydrogen-bond donors (Lipinski definition) is 3. The third-order valence-corrected chi connectivity index (χ3v) is 6.43. The normalized spacial score (nSPS) is 12.8. The van der Waals surface area contributed by atoms with E-state index in [1.54, 1.807) is 24.3 Å². The molecule has 6 nitrogen and oxygen atoms in total. The largest absolute Gasteiger partial charge is 0.494 e. The zero-order valence-electron chi connectivity index (χ0n) is 21.4. The Morgan fingerprint density at radius 3 is 2.62 bits per heavy atom. The number of amides is 1. The van der Waals surface area contributed by atoms with Gasteiger partial charge in [0, 0.05) is 29.1 Å². The molecule has 1 aromatic heterocycles. The fourth-order valence-corrected chi connectivity index (χ4v) is 4.47. The highest BCUT2D eigenvalue weighted by Gasteiger charge is 2.25. The Balaban J connectivity index is 1.65. The molecule has 1 unspecified atom stereocenters. The number of nitrogens with one attached hydrogen (secondary N) is 2. The van der Waals surface area contributed by atoms with Gasteiger partial charge < -0.3 is 24.9 Å². The van der Waals surface area contributed by atoms with Gasteiger partial charge in [-0.1, -0.05) is 38.1 Å². The average Bonchev–Trinajstić information content (AvgIpc) is 3.34. The van der Waals surface area contributed by atoms with Crippen molar-refractivity contribution in [2.45, 2.75) is 39.2 Å². The fraction of sp³-hybridized carbons (Fsp3) is 0.300. The van der Waals surface area contributed by atoms with Crippen molar-refractivity contribution in [3.63, 3.8) is 0 Å². The number of ether oxygens (including phenoxy) is 2. The van der Waals surface area contributed by atoms with E-state index >= 15 is 0 Å². The molecule has 37 heavy (non-hydrogen) atoms. The van der Waals surface area contributed by atoms with Crippen LogP contribution in [0.3, 0.4) is 0 Å². The summed E-state index contributed by atoms with van der Waals surface area (Å²) < 4.78 is 25.6. The molecule has 1 heterocycles. The van der Waals surface area contributed by atoms with Gasteiger partial charge in [0.15, 0.2) is 0 Å². The lowest BCUT2D eigenvalue weighted by atomic mass is 9.93. The van der Waals surface area contributed by atoms with Crippen molar-refractivity contribution in [1.82, 2.24) is 10.3 Å². The lowest BCUT2D eigenvalue weighted by molar-refractivity contribution is 0.0903. The van der Waals surface area contributed by atoms with E-state index in [0.717, 1.165) is 22.9 Å². The summed E-state index contributed by atoms with van der Waals surface area (Å²) in [6, 6.07) is 17.1. The van der Waals surface area contributed by atoms with Crippen LogP contribution in [0, 0.1) is 5.82 Å². The van der Waals surface area contributed by atoms with E-state index in [0.29, 0.717) is 41.4 Å². The van der Waals surface area contributed by atoms with Gasteiger partial charge in [0.25, 0.3) is 5.91 Å². The minimum Gasteiger partial charge on any atom is -0.494 e. The standard InChI is InChI=1S/C30H33FN2O4/c1-4-12-37-29-11-10-20(21-13-22(31)16-23(14-21)36-5-2)15-25(29)30(35)33-28(18-34)19(3)26-17-32-27-9-7-6-8-24(26)27/h6-11,13-17,19,28,32,34H,4-5,12,18H2,1-3H3,(H,33,35)/t19-,28?/m1/s1. The first-order valence-electron chi connectivity index (χ1n) is 12.6. The molecule has 194 valence electrons. The van der Waals surface area contributed by atoms with Crippen molar-refractivity contribution in [1.29, 1.82) is 0 Å². The number of aliphatic hydroxyl groups excluding tert-OH is 1. The van der Waals surface area contributed by atoms with Gasteiger partial charge in [-0.3, -0.25) is 4.79 Å². The molecular formula is C30H33FN2O4. The molecule has 0 aliphatic carbocycles. The second-order valence-electron chi connectivity index (χ2n) is 9.01. The summed E-state index contributed by atoms with van der Waals surface area (Å²) in [5.41, 5.74) is 3.56. The molecule has 0 aliphatic rings. The van der Waals surface area contributed by atoms with Crippen molar-refractivity contribution in [3.8, 4) is 22.6 Å². The topological polar surface area (TPSA) is 83.6 Å². The monoisotopic (exact) mass is 504 g/mol. The van der Waals surface area contributed by atoms with Crippen molar-refractivity contribution in [2.75, 3.05) is 19.8 Å². The first-order chi connectivity index (χ1) is 17.9. The van der Waals surface area contributed by atoms with E-state index < -0.39 is 11.9 Å². The summed E-state index contributed by atoms with van der Waals surface area (Å²) in [6.45, 7) is 6.42. The number of aromatic amines is 1. The molecule has 4 aromatic rings. The molecule has 0 aliphatic heterocycles. The van der Waals surface area contributed by atoms with Crippen LogP contribution in [0.4, 0.5) is 4.39 Å². The maximum atomic E-state index is 14.3. The zero-order valence-corrected chi connectivity index (χ0v) is 21.4. The number of H-pyrrole nitrogens is 1. The summed E-state index contributed by atoms with van der Waals surface area (Å²) in [6.07, 6.45) is 2.70. The number of aliphatic hydroxyl groups is 1. The molecule has 2 atom stereocenters. The summed E-state index contributed by atoms with van der Waals surface area (Å²) in [4.78, 5) is 16.8. The first kappa shape index (κ1) is 26.2. The van der Waals surface area contributed by atoms with E-state index in [-0.39, 0.29) is 18.4 Å². The van der Waals surface area contributed by atoms with Crippen LogP contribution in [0.15, 0.2) is 66.9 Å². The molecular weight excluding hydrogens is 471 g/mol. The van der Waals surface area contributed by atoms with Gasteiger partial charge in [0.05, 0.1) is 31.4 Å². The average molecular weight is 505 g/mol. The van der Waals surface area contributed by atoms with Gasteiger partial charge in [-0.15, -0.1) is 0 Å². The number of carbonyl (C=O) groups is 1. The number of carbonyl (C=O) groups excluding carboxylic acids is 1. The number of halogens is 1. The molecule has 0 saturated heterocycles. The number of rotatable bonds is 11. The number of fused-ring (bicyclic) bond motifs is 1. The van der Waals surface area contributed by atoms with Gasteiger partial charge in [0.1, 0.15) is 17.3 Å². The Bertz CT molecular complexity index is 1370. The Morgan fingerprint density at radius 2 is 1.86 bits per heavy atom. The van der Waals surface area contributed by atoms with E-state index in [9.17, 15) is 14.3 Å². The van der Waals surface area contributed by atoms with E-state index in [1.807, 2.05) is 51.2 Å². The van der Waals surface area contributed by atoms with Gasteiger partial charge >= 0.3 is 0 Å². The molecule has 7 heteroatoms. The Labute approximate surface area is 216 Å². The minimum absolute atomic E-state index is 0.162. The second-order valence-corrected chi connectivity index (χ2v) is 9.01. The third kappa shape index (κ3) is 5.94. The quantitative estimate of drug-likeness (QED) is 0.232. The van der Waals surface area contributed by atoms with Crippen LogP contribution in [0.25, 0.3) is 22.0 Å². The number of aromatic nitrogens is 1. The SMILES string of the molecule is CCCOc1ccc(-c2cc(F)cc(OCC)c2)cc1C(=O)NC(CO)[C@H](C)c1c[nH]c2ccccc12. The Kier molecular flexibility index (Phi) is 8.46. The van der Waals surface area contributed by atoms with Crippen molar-refractivity contribution < 1.29 is 23.8 Å². The predicted molar refractivity (Wildman–Crippen MR) is 144 cm³/mol. The molecule has 0 saturated carbocycles. The van der Waals surface area contributed by atoms with Crippen molar-refractivity contribution in [3.05, 3.63) is 83.8 Å². The van der Waals surface area contributed by atoms with Crippen LogP contribution in [-0.2, 0) is 0 Å². The lowest BCUT2D eigenvalue weighted by Gasteiger charge is -2.24. The van der Waals surface area contributed by atoms with Gasteiger partial charge in [-0.05, 0) is 60.4 Å². The maximum absolute atomic E-state index is 14.3. The number of hydrogen-bond acceptors (Lipinski definition) is 4. The molecule has 3 N–H and O–H groups in total. The lowest BCUT2D eigenvalue weighted by Crippen LogP contribution is -2.41. The molecule has 0 spiro atoms. The van der Waals surface area contributed by atoms with Crippen LogP contribution in [0.1, 0.15) is 49.0 Å². The number of benzene rings is 3. The summed E-state index contributed by atoms with van der Waals surface area (Å²) >= 11 is 0.